The van der Waals surface area contributed by atoms with Crippen LogP contribution in [0, 0.1) is 11.6 Å². The van der Waals surface area contributed by atoms with Crippen LogP contribution in [0.4, 0.5) is 27.1 Å². The van der Waals surface area contributed by atoms with E-state index in [1.807, 2.05) is 0 Å². The van der Waals surface area contributed by atoms with Crippen LogP contribution in [0.1, 0.15) is 15.9 Å². The molecule has 2 aromatic carbocycles. The van der Waals surface area contributed by atoms with E-state index in [0.29, 0.717) is 0 Å². The molecule has 6 nitrogen and oxygen atoms in total. The molecule has 4 aromatic rings. The fourth-order valence-electron chi connectivity index (χ4n) is 2.70. The van der Waals surface area contributed by atoms with Crippen molar-refractivity contribution < 1.29 is 31.2 Å². The Hall–Kier alpha value is -3.67. The standard InChI is InChI=1S/C19H9F5N4O2S/c20-11-5-2-6-12(21)13(11)16(29)27-18-26-14(17-28-25-8-30-17)15(31-18)9-3-1-4-10(7-9)19(22,23)24/h1-8H,(H,26,27,29). The summed E-state index contributed by atoms with van der Waals surface area (Å²) in [6.45, 7) is 0. The zero-order chi connectivity index (χ0) is 22.2. The van der Waals surface area contributed by atoms with Gasteiger partial charge in [-0.2, -0.15) is 13.2 Å². The summed E-state index contributed by atoms with van der Waals surface area (Å²) in [5, 5.41) is 9.33. The summed E-state index contributed by atoms with van der Waals surface area (Å²) in [7, 11) is 0. The van der Waals surface area contributed by atoms with Gasteiger partial charge in [-0.15, -0.1) is 10.2 Å². The van der Waals surface area contributed by atoms with Crippen LogP contribution in [0.25, 0.3) is 22.0 Å². The molecule has 0 aliphatic carbocycles. The van der Waals surface area contributed by atoms with Crippen molar-refractivity contribution in [2.75, 3.05) is 5.32 Å². The molecular formula is C19H9F5N4O2S. The van der Waals surface area contributed by atoms with Crippen molar-refractivity contribution in [3.63, 3.8) is 0 Å². The second kappa shape index (κ2) is 7.87. The van der Waals surface area contributed by atoms with Crippen molar-refractivity contribution in [1.82, 2.24) is 15.2 Å². The molecule has 0 spiro atoms. The van der Waals surface area contributed by atoms with Gasteiger partial charge in [0.15, 0.2) is 5.13 Å². The van der Waals surface area contributed by atoms with Crippen molar-refractivity contribution in [2.24, 2.45) is 0 Å². The maximum atomic E-state index is 13.9. The predicted octanol–water partition coefficient (Wildman–Crippen LogP) is 5.41. The number of carbonyl (C=O) groups is 1. The van der Waals surface area contributed by atoms with Crippen molar-refractivity contribution in [3.8, 4) is 22.0 Å². The van der Waals surface area contributed by atoms with E-state index < -0.39 is 34.8 Å². The lowest BCUT2D eigenvalue weighted by molar-refractivity contribution is -0.137. The topological polar surface area (TPSA) is 80.9 Å². The molecule has 0 saturated heterocycles. The first kappa shape index (κ1) is 20.6. The van der Waals surface area contributed by atoms with E-state index in [-0.39, 0.29) is 27.2 Å². The van der Waals surface area contributed by atoms with Crippen LogP contribution >= 0.6 is 11.3 Å². The predicted molar refractivity (Wildman–Crippen MR) is 100 cm³/mol. The number of halogens is 5. The van der Waals surface area contributed by atoms with Gasteiger partial charge in [0, 0.05) is 0 Å². The lowest BCUT2D eigenvalue weighted by atomic mass is 10.1. The van der Waals surface area contributed by atoms with Gasteiger partial charge in [-0.1, -0.05) is 29.5 Å². The SMILES string of the molecule is O=C(Nc1nc(-c2nnco2)c(-c2cccc(C(F)(F)F)c2)s1)c1c(F)cccc1F. The summed E-state index contributed by atoms with van der Waals surface area (Å²) in [6.07, 6.45) is -3.58. The van der Waals surface area contributed by atoms with Crippen LogP contribution in [0.5, 0.6) is 0 Å². The number of alkyl halides is 3. The molecule has 0 bridgehead atoms. The fourth-order valence-corrected chi connectivity index (χ4v) is 3.65. The first-order valence-electron chi connectivity index (χ1n) is 8.44. The van der Waals surface area contributed by atoms with Gasteiger partial charge in [0.05, 0.1) is 10.4 Å². The van der Waals surface area contributed by atoms with Crippen LogP contribution < -0.4 is 5.32 Å². The molecule has 0 aliphatic rings. The molecule has 0 saturated carbocycles. The second-order valence-electron chi connectivity index (χ2n) is 6.07. The van der Waals surface area contributed by atoms with E-state index in [9.17, 15) is 26.7 Å². The van der Waals surface area contributed by atoms with Crippen molar-refractivity contribution in [2.45, 2.75) is 6.18 Å². The highest BCUT2D eigenvalue weighted by atomic mass is 32.1. The zero-order valence-corrected chi connectivity index (χ0v) is 15.9. The number of anilines is 1. The number of amides is 1. The first-order valence-corrected chi connectivity index (χ1v) is 9.26. The van der Waals surface area contributed by atoms with Crippen LogP contribution in [0.2, 0.25) is 0 Å². The lowest BCUT2D eigenvalue weighted by Gasteiger charge is -2.08. The second-order valence-corrected chi connectivity index (χ2v) is 7.07. The summed E-state index contributed by atoms with van der Waals surface area (Å²) in [4.78, 5) is 16.7. The molecule has 158 valence electrons. The number of rotatable bonds is 4. The fraction of sp³-hybridized carbons (Fsp3) is 0.0526. The molecule has 12 heteroatoms. The number of nitrogens with one attached hydrogen (secondary N) is 1. The highest BCUT2D eigenvalue weighted by Crippen LogP contribution is 2.40. The number of hydrogen-bond donors (Lipinski definition) is 1. The van der Waals surface area contributed by atoms with E-state index >= 15 is 0 Å². The third kappa shape index (κ3) is 4.14. The van der Waals surface area contributed by atoms with Crippen LogP contribution in [0.3, 0.4) is 0 Å². The van der Waals surface area contributed by atoms with Crippen molar-refractivity contribution in [3.05, 3.63) is 71.6 Å². The van der Waals surface area contributed by atoms with Gasteiger partial charge in [0.2, 0.25) is 6.39 Å². The van der Waals surface area contributed by atoms with Gasteiger partial charge in [-0.25, -0.2) is 13.8 Å². The zero-order valence-electron chi connectivity index (χ0n) is 15.1. The molecule has 0 radical (unpaired) electrons. The number of nitrogens with zero attached hydrogens (tertiary/aromatic N) is 3. The maximum absolute atomic E-state index is 13.9. The number of thiazole rings is 1. The van der Waals surface area contributed by atoms with Crippen molar-refractivity contribution in [1.29, 1.82) is 0 Å². The minimum atomic E-state index is -4.58. The molecular weight excluding hydrogens is 443 g/mol. The summed E-state index contributed by atoms with van der Waals surface area (Å²) < 4.78 is 72.2. The lowest BCUT2D eigenvalue weighted by Crippen LogP contribution is -2.15. The highest BCUT2D eigenvalue weighted by molar-refractivity contribution is 7.19. The van der Waals surface area contributed by atoms with E-state index in [2.05, 4.69) is 20.5 Å². The highest BCUT2D eigenvalue weighted by Gasteiger charge is 2.31. The van der Waals surface area contributed by atoms with E-state index in [1.54, 1.807) is 0 Å². The number of carbonyl (C=O) groups excluding carboxylic acids is 1. The number of hydrogen-bond acceptors (Lipinski definition) is 6. The van der Waals surface area contributed by atoms with Crippen molar-refractivity contribution >= 4 is 22.4 Å². The molecule has 2 heterocycles. The molecule has 2 aromatic heterocycles. The molecule has 0 aliphatic heterocycles. The number of benzene rings is 2. The van der Waals surface area contributed by atoms with E-state index in [0.717, 1.165) is 48.1 Å². The van der Waals surface area contributed by atoms with Crippen LogP contribution in [-0.4, -0.2) is 21.1 Å². The molecule has 0 unspecified atom stereocenters. The molecule has 0 atom stereocenters. The molecule has 4 rings (SSSR count). The smallest absolute Gasteiger partial charge is 0.416 e. The van der Waals surface area contributed by atoms with Gasteiger partial charge in [-0.3, -0.25) is 10.1 Å². The Kier molecular flexibility index (Phi) is 5.23. The Labute approximate surface area is 174 Å². The normalized spacial score (nSPS) is 11.5. The Morgan fingerprint density at radius 1 is 1.06 bits per heavy atom. The van der Waals surface area contributed by atoms with Gasteiger partial charge < -0.3 is 4.42 Å². The summed E-state index contributed by atoms with van der Waals surface area (Å²) in [5.74, 6) is -3.38. The van der Waals surface area contributed by atoms with Gasteiger partial charge in [-0.05, 0) is 29.8 Å². The Morgan fingerprint density at radius 3 is 2.42 bits per heavy atom. The van der Waals surface area contributed by atoms with E-state index in [1.165, 1.54) is 12.1 Å². The molecule has 31 heavy (non-hydrogen) atoms. The minimum Gasteiger partial charge on any atom is -0.422 e. The van der Waals surface area contributed by atoms with Crippen LogP contribution in [-0.2, 0) is 6.18 Å². The monoisotopic (exact) mass is 452 g/mol. The summed E-state index contributed by atoms with van der Waals surface area (Å²) in [6, 6.07) is 7.35. The average molecular weight is 452 g/mol. The van der Waals surface area contributed by atoms with Gasteiger partial charge in [0.25, 0.3) is 11.8 Å². The van der Waals surface area contributed by atoms with Gasteiger partial charge in [0.1, 0.15) is 22.9 Å². The third-order valence-electron chi connectivity index (χ3n) is 4.05. The quantitative estimate of drug-likeness (QED) is 0.419. The number of aromatic nitrogens is 3. The Morgan fingerprint density at radius 2 is 1.77 bits per heavy atom. The molecule has 0 fully saturated rings. The molecule has 1 N–H and O–H groups in total. The van der Waals surface area contributed by atoms with Gasteiger partial charge >= 0.3 is 6.18 Å². The minimum absolute atomic E-state index is 0.00568. The van der Waals surface area contributed by atoms with Crippen LogP contribution in [0.15, 0.2) is 53.3 Å². The average Bonchev–Trinajstić information content (AvgIpc) is 3.37. The largest absolute Gasteiger partial charge is 0.422 e. The third-order valence-corrected chi connectivity index (χ3v) is 5.07. The van der Waals surface area contributed by atoms with E-state index in [4.69, 9.17) is 4.42 Å². The Balaban J connectivity index is 1.76. The summed E-state index contributed by atoms with van der Waals surface area (Å²) >= 11 is 0.782. The molecule has 1 amide bonds. The maximum Gasteiger partial charge on any atom is 0.416 e. The Bertz CT molecular complexity index is 1230. The first-order chi connectivity index (χ1) is 14.7. The summed E-state index contributed by atoms with van der Waals surface area (Å²) in [5.41, 5.74) is -1.59.